The number of halogens is 3. The Hall–Kier alpha value is -1.94. The van der Waals surface area contributed by atoms with Crippen LogP contribution in [0.4, 0.5) is 19.0 Å². The molecule has 7 nitrogen and oxygen atoms in total. The molecule has 1 fully saturated rings. The fourth-order valence-electron chi connectivity index (χ4n) is 2.64. The molecular formula is C13H18F3N7. The van der Waals surface area contributed by atoms with Gasteiger partial charge in [-0.1, -0.05) is 0 Å². The standard InChI is InChI=1S/C13H18F3N7/c1-8-9(7-18-19-8)3-2-6-17-10-4-5-11-20-21-12(13(14,15)16)23(11)22-10/h4-5,8-9,18-19H,2-3,6-7H2,1H3,(H,17,22). The van der Waals surface area contributed by atoms with E-state index in [2.05, 4.69) is 38.4 Å². The van der Waals surface area contributed by atoms with E-state index in [-0.39, 0.29) is 5.65 Å². The van der Waals surface area contributed by atoms with Gasteiger partial charge >= 0.3 is 6.18 Å². The van der Waals surface area contributed by atoms with Crippen LogP contribution in [0.15, 0.2) is 12.1 Å². The van der Waals surface area contributed by atoms with Crippen molar-refractivity contribution in [3.8, 4) is 0 Å². The molecular weight excluding hydrogens is 311 g/mol. The van der Waals surface area contributed by atoms with Gasteiger partial charge in [-0.25, -0.2) is 0 Å². The van der Waals surface area contributed by atoms with Crippen LogP contribution in [-0.4, -0.2) is 38.9 Å². The Morgan fingerprint density at radius 1 is 1.35 bits per heavy atom. The van der Waals surface area contributed by atoms with Gasteiger partial charge in [0.25, 0.3) is 5.82 Å². The summed E-state index contributed by atoms with van der Waals surface area (Å²) in [5.41, 5.74) is 6.34. The molecule has 23 heavy (non-hydrogen) atoms. The van der Waals surface area contributed by atoms with Crippen LogP contribution in [-0.2, 0) is 6.18 Å². The Balaban J connectivity index is 1.60. The van der Waals surface area contributed by atoms with Crippen LogP contribution >= 0.6 is 0 Å². The maximum absolute atomic E-state index is 12.8. The number of fused-ring (bicyclic) bond motifs is 1. The molecule has 0 spiro atoms. The number of hydrazine groups is 1. The fourth-order valence-corrected chi connectivity index (χ4v) is 2.64. The molecule has 0 radical (unpaired) electrons. The van der Waals surface area contributed by atoms with Crippen molar-refractivity contribution in [1.29, 1.82) is 0 Å². The predicted octanol–water partition coefficient (Wildman–Crippen LogP) is 1.45. The Bertz CT molecular complexity index is 669. The van der Waals surface area contributed by atoms with Crippen molar-refractivity contribution in [2.75, 3.05) is 18.4 Å². The lowest BCUT2D eigenvalue weighted by atomic mass is 9.98. The summed E-state index contributed by atoms with van der Waals surface area (Å²) in [5, 5.41) is 13.6. The van der Waals surface area contributed by atoms with E-state index in [0.717, 1.165) is 23.9 Å². The largest absolute Gasteiger partial charge is 0.453 e. The summed E-state index contributed by atoms with van der Waals surface area (Å²) < 4.78 is 39.1. The lowest BCUT2D eigenvalue weighted by Gasteiger charge is -2.13. The molecule has 2 unspecified atom stereocenters. The molecule has 0 aliphatic carbocycles. The van der Waals surface area contributed by atoms with E-state index in [4.69, 9.17) is 0 Å². The quantitative estimate of drug-likeness (QED) is 0.721. The molecule has 2 aromatic rings. The van der Waals surface area contributed by atoms with E-state index in [0.29, 0.717) is 24.3 Å². The van der Waals surface area contributed by atoms with Gasteiger partial charge in [-0.05, 0) is 37.8 Å². The highest BCUT2D eigenvalue weighted by Gasteiger charge is 2.37. The molecule has 3 rings (SSSR count). The Morgan fingerprint density at radius 2 is 2.17 bits per heavy atom. The minimum Gasteiger partial charge on any atom is -0.369 e. The third-order valence-electron chi connectivity index (χ3n) is 3.98. The van der Waals surface area contributed by atoms with Gasteiger partial charge in [0.15, 0.2) is 5.65 Å². The van der Waals surface area contributed by atoms with Gasteiger partial charge < -0.3 is 5.32 Å². The lowest BCUT2D eigenvalue weighted by Crippen LogP contribution is -2.28. The van der Waals surface area contributed by atoms with Crippen molar-refractivity contribution in [1.82, 2.24) is 30.7 Å². The first kappa shape index (κ1) is 15.9. The monoisotopic (exact) mass is 329 g/mol. The van der Waals surface area contributed by atoms with Crippen LogP contribution in [0, 0.1) is 5.92 Å². The normalized spacial score (nSPS) is 21.9. The molecule has 2 atom stereocenters. The summed E-state index contributed by atoms with van der Waals surface area (Å²) in [6.45, 7) is 3.70. The maximum atomic E-state index is 12.8. The number of alkyl halides is 3. The molecule has 0 amide bonds. The van der Waals surface area contributed by atoms with Crippen molar-refractivity contribution in [3.05, 3.63) is 18.0 Å². The lowest BCUT2D eigenvalue weighted by molar-refractivity contribution is -0.146. The van der Waals surface area contributed by atoms with Crippen molar-refractivity contribution >= 4 is 11.5 Å². The topological polar surface area (TPSA) is 79.2 Å². The van der Waals surface area contributed by atoms with Gasteiger partial charge in [0.05, 0.1) is 0 Å². The highest BCUT2D eigenvalue weighted by atomic mass is 19.4. The van der Waals surface area contributed by atoms with E-state index >= 15 is 0 Å². The van der Waals surface area contributed by atoms with Crippen LogP contribution in [0.5, 0.6) is 0 Å². The number of hydrogen-bond acceptors (Lipinski definition) is 6. The Morgan fingerprint density at radius 3 is 2.87 bits per heavy atom. The van der Waals surface area contributed by atoms with Gasteiger partial charge in [-0.3, -0.25) is 10.9 Å². The number of aromatic nitrogens is 4. The van der Waals surface area contributed by atoms with Crippen LogP contribution in [0.3, 0.4) is 0 Å². The van der Waals surface area contributed by atoms with Crippen LogP contribution < -0.4 is 16.2 Å². The molecule has 126 valence electrons. The van der Waals surface area contributed by atoms with Crippen LogP contribution in [0.1, 0.15) is 25.6 Å². The molecule has 1 saturated heterocycles. The number of nitrogens with one attached hydrogen (secondary N) is 3. The molecule has 0 aromatic carbocycles. The summed E-state index contributed by atoms with van der Waals surface area (Å²) in [6, 6.07) is 3.49. The van der Waals surface area contributed by atoms with Gasteiger partial charge in [-0.2, -0.15) is 17.7 Å². The predicted molar refractivity (Wildman–Crippen MR) is 77.6 cm³/mol. The number of anilines is 1. The maximum Gasteiger partial charge on any atom is 0.453 e. The van der Waals surface area contributed by atoms with Gasteiger partial charge in [0, 0.05) is 19.1 Å². The number of rotatable bonds is 5. The summed E-state index contributed by atoms with van der Waals surface area (Å²) in [6.07, 6.45) is -2.65. The van der Waals surface area contributed by atoms with Crippen molar-refractivity contribution in [2.24, 2.45) is 5.92 Å². The summed E-state index contributed by atoms with van der Waals surface area (Å²) in [4.78, 5) is 0. The highest BCUT2D eigenvalue weighted by Crippen LogP contribution is 2.27. The first-order valence-corrected chi connectivity index (χ1v) is 7.47. The van der Waals surface area contributed by atoms with Crippen molar-refractivity contribution in [3.63, 3.8) is 0 Å². The van der Waals surface area contributed by atoms with Gasteiger partial charge in [-0.15, -0.1) is 15.3 Å². The van der Waals surface area contributed by atoms with Crippen LogP contribution in [0.25, 0.3) is 5.65 Å². The molecule has 3 N–H and O–H groups in total. The minimum atomic E-state index is -4.58. The SMILES string of the molecule is CC1NNCC1CCCNc1ccc2nnc(C(F)(F)F)n2n1. The van der Waals surface area contributed by atoms with Gasteiger partial charge in [0.1, 0.15) is 5.82 Å². The second kappa shape index (κ2) is 6.28. The first-order chi connectivity index (χ1) is 10.9. The zero-order valence-corrected chi connectivity index (χ0v) is 12.6. The molecule has 0 bridgehead atoms. The zero-order chi connectivity index (χ0) is 16.4. The zero-order valence-electron chi connectivity index (χ0n) is 12.6. The smallest absolute Gasteiger partial charge is 0.369 e. The summed E-state index contributed by atoms with van der Waals surface area (Å²) >= 11 is 0. The van der Waals surface area contributed by atoms with Gasteiger partial charge in [0.2, 0.25) is 0 Å². The molecule has 1 aliphatic heterocycles. The van der Waals surface area contributed by atoms with E-state index < -0.39 is 12.0 Å². The second-order valence-electron chi connectivity index (χ2n) is 5.65. The van der Waals surface area contributed by atoms with Crippen molar-refractivity contribution < 1.29 is 13.2 Å². The van der Waals surface area contributed by atoms with E-state index in [1.165, 1.54) is 6.07 Å². The average molecular weight is 329 g/mol. The van der Waals surface area contributed by atoms with E-state index in [9.17, 15) is 13.2 Å². The average Bonchev–Trinajstić information content (AvgIpc) is 3.09. The van der Waals surface area contributed by atoms with Crippen molar-refractivity contribution in [2.45, 2.75) is 32.0 Å². The molecule has 2 aromatic heterocycles. The van der Waals surface area contributed by atoms with E-state index in [1.54, 1.807) is 6.07 Å². The highest BCUT2D eigenvalue weighted by molar-refractivity contribution is 5.44. The fraction of sp³-hybridized carbons (Fsp3) is 0.615. The third-order valence-corrected chi connectivity index (χ3v) is 3.98. The third kappa shape index (κ3) is 3.53. The Labute approximate surface area is 130 Å². The Kier molecular flexibility index (Phi) is 4.35. The molecule has 1 aliphatic rings. The van der Waals surface area contributed by atoms with E-state index in [1.807, 2.05) is 0 Å². The number of hydrogen-bond donors (Lipinski definition) is 3. The minimum absolute atomic E-state index is 0.0693. The number of nitrogens with zero attached hydrogens (tertiary/aromatic N) is 4. The van der Waals surface area contributed by atoms with Crippen LogP contribution in [0.2, 0.25) is 0 Å². The summed E-state index contributed by atoms with van der Waals surface area (Å²) in [7, 11) is 0. The second-order valence-corrected chi connectivity index (χ2v) is 5.65. The molecule has 3 heterocycles. The first-order valence-electron chi connectivity index (χ1n) is 7.47. The molecule has 10 heteroatoms. The summed E-state index contributed by atoms with van der Waals surface area (Å²) in [5.74, 6) is -0.187. The molecule has 0 saturated carbocycles.